The van der Waals surface area contributed by atoms with Crippen LogP contribution in [0, 0.1) is 11.3 Å². The Balaban J connectivity index is 3.22. The zero-order chi connectivity index (χ0) is 10.7. The van der Waals surface area contributed by atoms with Crippen molar-refractivity contribution in [1.82, 2.24) is 0 Å². The van der Waals surface area contributed by atoms with E-state index in [1.807, 2.05) is 0 Å². The summed E-state index contributed by atoms with van der Waals surface area (Å²) in [6.07, 6.45) is 0. The summed E-state index contributed by atoms with van der Waals surface area (Å²) in [6, 6.07) is 4.80. The second kappa shape index (κ2) is 4.27. The predicted octanol–water partition coefficient (Wildman–Crippen LogP) is 2.78. The molecule has 5 heteroatoms. The normalized spacial score (nSPS) is 11.8. The molecule has 72 valence electrons. The molecule has 0 aromatic carbocycles. The first kappa shape index (κ1) is 10.8. The number of carbonyl (C=O) groups is 1. The van der Waals surface area contributed by atoms with Gasteiger partial charge >= 0.3 is 0 Å². The SMILES string of the molecule is CC(=O)C(C#N)=C(O)c1ccc(Cl)s1. The molecule has 0 unspecified atom stereocenters. The van der Waals surface area contributed by atoms with Crippen LogP contribution in [0.4, 0.5) is 0 Å². The van der Waals surface area contributed by atoms with E-state index in [9.17, 15) is 9.90 Å². The van der Waals surface area contributed by atoms with Crippen molar-refractivity contribution in [2.75, 3.05) is 0 Å². The lowest BCUT2D eigenvalue weighted by Gasteiger charge is -1.96. The van der Waals surface area contributed by atoms with Crippen molar-refractivity contribution < 1.29 is 9.90 Å². The van der Waals surface area contributed by atoms with Gasteiger partial charge in [0, 0.05) is 6.92 Å². The lowest BCUT2D eigenvalue weighted by molar-refractivity contribution is -0.113. The van der Waals surface area contributed by atoms with E-state index >= 15 is 0 Å². The molecule has 3 nitrogen and oxygen atoms in total. The molecular weight excluding hydrogens is 222 g/mol. The molecule has 1 aromatic heterocycles. The highest BCUT2D eigenvalue weighted by molar-refractivity contribution is 7.17. The Hall–Kier alpha value is -1.31. The monoisotopic (exact) mass is 227 g/mol. The summed E-state index contributed by atoms with van der Waals surface area (Å²) >= 11 is 6.76. The predicted molar refractivity (Wildman–Crippen MR) is 55.2 cm³/mol. The Morgan fingerprint density at radius 2 is 2.29 bits per heavy atom. The number of aliphatic hydroxyl groups excluding tert-OH is 1. The summed E-state index contributed by atoms with van der Waals surface area (Å²) in [5.74, 6) is -0.772. The highest BCUT2D eigenvalue weighted by atomic mass is 35.5. The van der Waals surface area contributed by atoms with Gasteiger partial charge in [0.1, 0.15) is 11.6 Å². The number of Topliss-reactive ketones (excluding diaryl/α,β-unsaturated/α-hetero) is 1. The topological polar surface area (TPSA) is 61.1 Å². The van der Waals surface area contributed by atoms with E-state index in [0.717, 1.165) is 11.3 Å². The van der Waals surface area contributed by atoms with Gasteiger partial charge in [-0.1, -0.05) is 11.6 Å². The maximum Gasteiger partial charge on any atom is 0.174 e. The molecular formula is C9H6ClNO2S. The summed E-state index contributed by atoms with van der Waals surface area (Å²) in [5, 5.41) is 18.2. The van der Waals surface area contributed by atoms with Gasteiger partial charge in [0.25, 0.3) is 0 Å². The number of thiophene rings is 1. The van der Waals surface area contributed by atoms with Crippen LogP contribution in [0.1, 0.15) is 11.8 Å². The molecule has 0 spiro atoms. The van der Waals surface area contributed by atoms with Gasteiger partial charge in [0.2, 0.25) is 0 Å². The van der Waals surface area contributed by atoms with Crippen LogP contribution in [0.25, 0.3) is 5.76 Å². The smallest absolute Gasteiger partial charge is 0.174 e. The first-order valence-corrected chi connectivity index (χ1v) is 4.85. The number of aliphatic hydroxyl groups is 1. The number of ketones is 1. The number of nitrogens with zero attached hydrogens (tertiary/aromatic N) is 1. The van der Waals surface area contributed by atoms with Gasteiger partial charge in [-0.3, -0.25) is 4.79 Å². The second-order valence-corrected chi connectivity index (χ2v) is 4.21. The maximum absolute atomic E-state index is 10.9. The van der Waals surface area contributed by atoms with Gasteiger partial charge in [-0.25, -0.2) is 0 Å². The second-order valence-electron chi connectivity index (χ2n) is 2.50. The molecule has 0 fully saturated rings. The minimum absolute atomic E-state index is 0.247. The molecule has 0 saturated heterocycles. The fourth-order valence-corrected chi connectivity index (χ4v) is 1.86. The van der Waals surface area contributed by atoms with Crippen LogP contribution in [0.2, 0.25) is 4.34 Å². The standard InChI is InChI=1S/C9H6ClNO2S/c1-5(12)6(4-11)9(13)7-2-3-8(10)14-7/h2-3,13H,1H3. The van der Waals surface area contributed by atoms with Gasteiger partial charge in [0.05, 0.1) is 9.21 Å². The molecule has 1 N–H and O–H groups in total. The van der Waals surface area contributed by atoms with Crippen molar-refractivity contribution in [3.05, 3.63) is 26.9 Å². The Morgan fingerprint density at radius 1 is 1.64 bits per heavy atom. The van der Waals surface area contributed by atoms with Crippen LogP contribution < -0.4 is 0 Å². The quantitative estimate of drug-likeness (QED) is 0.480. The highest BCUT2D eigenvalue weighted by Gasteiger charge is 2.13. The van der Waals surface area contributed by atoms with Crippen molar-refractivity contribution in [2.45, 2.75) is 6.92 Å². The summed E-state index contributed by atoms with van der Waals surface area (Å²) in [7, 11) is 0. The molecule has 0 aliphatic heterocycles. The van der Waals surface area contributed by atoms with E-state index in [1.165, 1.54) is 6.92 Å². The van der Waals surface area contributed by atoms with Gasteiger partial charge in [-0.15, -0.1) is 11.3 Å². The molecule has 0 aliphatic rings. The third-order valence-electron chi connectivity index (χ3n) is 1.51. The molecule has 0 bridgehead atoms. The van der Waals surface area contributed by atoms with Gasteiger partial charge < -0.3 is 5.11 Å². The molecule has 0 atom stereocenters. The van der Waals surface area contributed by atoms with Crippen LogP contribution in [0.3, 0.4) is 0 Å². The Bertz CT molecular complexity index is 442. The maximum atomic E-state index is 10.9. The zero-order valence-corrected chi connectivity index (χ0v) is 8.82. The minimum Gasteiger partial charge on any atom is -0.505 e. The number of allylic oxidation sites excluding steroid dienone is 1. The van der Waals surface area contributed by atoms with Crippen molar-refractivity contribution >= 4 is 34.5 Å². The van der Waals surface area contributed by atoms with E-state index in [1.54, 1.807) is 18.2 Å². The van der Waals surface area contributed by atoms with E-state index in [-0.39, 0.29) is 11.3 Å². The van der Waals surface area contributed by atoms with Crippen molar-refractivity contribution in [3.63, 3.8) is 0 Å². The third kappa shape index (κ3) is 2.13. The van der Waals surface area contributed by atoms with Gasteiger partial charge in [-0.05, 0) is 12.1 Å². The highest BCUT2D eigenvalue weighted by Crippen LogP contribution is 2.27. The van der Waals surface area contributed by atoms with E-state index in [2.05, 4.69) is 0 Å². The van der Waals surface area contributed by atoms with Crippen LogP contribution in [-0.4, -0.2) is 10.9 Å². The molecule has 0 amide bonds. The average Bonchev–Trinajstić information content (AvgIpc) is 2.52. The first-order chi connectivity index (χ1) is 6.56. The van der Waals surface area contributed by atoms with Crippen molar-refractivity contribution in [1.29, 1.82) is 5.26 Å². The largest absolute Gasteiger partial charge is 0.505 e. The molecule has 14 heavy (non-hydrogen) atoms. The Kier molecular flexibility index (Phi) is 3.28. The van der Waals surface area contributed by atoms with E-state index in [0.29, 0.717) is 9.21 Å². The van der Waals surface area contributed by atoms with Crippen LogP contribution in [0.15, 0.2) is 17.7 Å². The van der Waals surface area contributed by atoms with E-state index < -0.39 is 5.78 Å². The van der Waals surface area contributed by atoms with Gasteiger partial charge in [-0.2, -0.15) is 5.26 Å². The molecule has 0 saturated carbocycles. The number of halogens is 1. The lowest BCUT2D eigenvalue weighted by atomic mass is 10.1. The van der Waals surface area contributed by atoms with E-state index in [4.69, 9.17) is 16.9 Å². The summed E-state index contributed by atoms with van der Waals surface area (Å²) < 4.78 is 0.493. The van der Waals surface area contributed by atoms with Crippen molar-refractivity contribution in [2.24, 2.45) is 0 Å². The lowest BCUT2D eigenvalue weighted by Crippen LogP contribution is -1.97. The minimum atomic E-state index is -0.463. The molecule has 1 rings (SSSR count). The fourth-order valence-electron chi connectivity index (χ4n) is 0.863. The third-order valence-corrected chi connectivity index (χ3v) is 2.75. The number of hydrogen-bond acceptors (Lipinski definition) is 4. The van der Waals surface area contributed by atoms with Crippen LogP contribution in [0.5, 0.6) is 0 Å². The number of nitriles is 1. The summed E-state index contributed by atoms with van der Waals surface area (Å²) in [5.41, 5.74) is -0.247. The molecule has 0 aliphatic carbocycles. The molecule has 1 heterocycles. The fraction of sp³-hybridized carbons (Fsp3) is 0.111. The summed E-state index contributed by atoms with van der Waals surface area (Å²) in [4.78, 5) is 11.3. The first-order valence-electron chi connectivity index (χ1n) is 3.66. The Labute approximate surface area is 89.9 Å². The van der Waals surface area contributed by atoms with Crippen LogP contribution >= 0.6 is 22.9 Å². The summed E-state index contributed by atoms with van der Waals surface area (Å²) in [6.45, 7) is 1.23. The van der Waals surface area contributed by atoms with Crippen LogP contribution in [-0.2, 0) is 4.79 Å². The number of carbonyl (C=O) groups excluding carboxylic acids is 1. The number of rotatable bonds is 2. The average molecular weight is 228 g/mol. The number of hydrogen-bond donors (Lipinski definition) is 1. The zero-order valence-electron chi connectivity index (χ0n) is 7.24. The molecule has 1 aromatic rings. The van der Waals surface area contributed by atoms with Gasteiger partial charge in [0.15, 0.2) is 11.5 Å². The van der Waals surface area contributed by atoms with Crippen molar-refractivity contribution in [3.8, 4) is 6.07 Å². The molecule has 0 radical (unpaired) electrons. The Morgan fingerprint density at radius 3 is 2.64 bits per heavy atom.